The number of aromatic hydroxyl groups is 1. The number of hydrogen-bond donors (Lipinski definition) is 3. The lowest BCUT2D eigenvalue weighted by Gasteiger charge is -2.09. The van der Waals surface area contributed by atoms with Crippen LogP contribution < -0.4 is 17.7 Å². The number of phenolic OH excluding ortho intramolecular Hbond substituents is 1. The van der Waals surface area contributed by atoms with E-state index in [9.17, 15) is 23.1 Å². The first-order chi connectivity index (χ1) is 10.8. The molecule has 0 aliphatic carbocycles. The van der Waals surface area contributed by atoms with E-state index in [1.165, 1.54) is 6.07 Å². The zero-order valence-electron chi connectivity index (χ0n) is 12.3. The van der Waals surface area contributed by atoms with Gasteiger partial charge in [-0.2, -0.15) is 13.2 Å². The summed E-state index contributed by atoms with van der Waals surface area (Å²) in [7, 11) is 1.01. The Morgan fingerprint density at radius 2 is 2.21 bits per heavy atom. The van der Waals surface area contributed by atoms with Crippen molar-refractivity contribution in [3.05, 3.63) is 22.9 Å². The highest BCUT2D eigenvalue weighted by molar-refractivity contribution is 6.19. The first kappa shape index (κ1) is 18.7. The molecule has 2 heterocycles. The average molecular weight is 385 g/mol. The maximum absolute atomic E-state index is 13.3. The number of fused-ring (bicyclic) bond motifs is 3. The van der Waals surface area contributed by atoms with E-state index in [0.717, 1.165) is 7.11 Å². The zero-order valence-corrected chi connectivity index (χ0v) is 13.8. The van der Waals surface area contributed by atoms with E-state index >= 15 is 0 Å². The highest BCUT2D eigenvalue weighted by Crippen LogP contribution is 2.44. The number of alkyl halides is 4. The van der Waals surface area contributed by atoms with E-state index in [1.807, 2.05) is 0 Å². The summed E-state index contributed by atoms with van der Waals surface area (Å²) in [4.78, 5) is 14.1. The van der Waals surface area contributed by atoms with Crippen molar-refractivity contribution >= 4 is 34.2 Å². The fraction of sp³-hybridized carbons (Fsp3) is 0.357. The molecule has 1 aromatic heterocycles. The van der Waals surface area contributed by atoms with E-state index in [-0.39, 0.29) is 40.9 Å². The van der Waals surface area contributed by atoms with Crippen LogP contribution >= 0.6 is 11.6 Å². The van der Waals surface area contributed by atoms with Crippen LogP contribution in [0.3, 0.4) is 0 Å². The number of ether oxygens (including phenoxy) is 1. The molecule has 2 aromatic rings. The molecule has 4 N–H and O–H groups in total. The average Bonchev–Trinajstić information content (AvgIpc) is 3.06. The van der Waals surface area contributed by atoms with E-state index in [4.69, 9.17) is 11.6 Å². The van der Waals surface area contributed by atoms with Gasteiger partial charge >= 0.3 is 12.1 Å². The number of carbonyl (C=O) groups excluding carboxylic acids is 1. The highest BCUT2D eigenvalue weighted by Gasteiger charge is 2.42. The van der Waals surface area contributed by atoms with Crippen molar-refractivity contribution in [2.45, 2.75) is 12.1 Å². The van der Waals surface area contributed by atoms with Crippen molar-refractivity contribution in [1.82, 2.24) is 4.98 Å². The lowest BCUT2D eigenvalue weighted by atomic mass is 9.95. The summed E-state index contributed by atoms with van der Waals surface area (Å²) in [6.45, 7) is 0.532. The standard InChI is InChI=1S/C14H12ClF3N2O3.ClH/c1-23-13(22)10-9-8-5(3-15)4-19-6(8)2-7(21)11(9)20-12(10)14(16,17)18;/h2,5,19-21H,3-4H2,1H3;1H/t5-;/m1./s1. The molecule has 0 radical (unpaired) electrons. The summed E-state index contributed by atoms with van der Waals surface area (Å²) >= 11 is 5.91. The van der Waals surface area contributed by atoms with Gasteiger partial charge in [0.25, 0.3) is 0 Å². The molecule has 5 nitrogen and oxygen atoms in total. The molecule has 1 aromatic carbocycles. The molecule has 1 aliphatic heterocycles. The molecule has 0 amide bonds. The molecule has 0 fully saturated rings. The number of nitrogens with one attached hydrogen (secondary N) is 1. The number of aromatic nitrogens is 1. The Hall–Kier alpha value is -1.64. The summed E-state index contributed by atoms with van der Waals surface area (Å²) in [5.41, 5.74) is -0.879. The van der Waals surface area contributed by atoms with Gasteiger partial charge in [-0.05, 0) is 0 Å². The van der Waals surface area contributed by atoms with Gasteiger partial charge in [-0.15, -0.1) is 11.6 Å². The number of benzene rings is 1. The van der Waals surface area contributed by atoms with Gasteiger partial charge < -0.3 is 32.6 Å². The Bertz CT molecular complexity index is 805. The number of rotatable bonds is 2. The predicted molar refractivity (Wildman–Crippen MR) is 76.2 cm³/mol. The van der Waals surface area contributed by atoms with E-state index in [2.05, 4.69) is 9.72 Å². The fourth-order valence-electron chi connectivity index (χ4n) is 3.06. The second kappa shape index (κ2) is 6.34. The number of aromatic amines is 1. The SMILES string of the molecule is COC(=O)c1c(C(F)(F)F)[nH]c2c(O)cc3c(c12)[C@H](CCl)C[NH2+]3.[Cl-]. The lowest BCUT2D eigenvalue weighted by molar-refractivity contribution is -0.563. The fourth-order valence-corrected chi connectivity index (χ4v) is 3.34. The van der Waals surface area contributed by atoms with Crippen molar-refractivity contribution in [1.29, 1.82) is 0 Å². The maximum Gasteiger partial charge on any atom is 0.432 e. The number of methoxy groups -OCH3 is 1. The van der Waals surface area contributed by atoms with Gasteiger partial charge in [0.05, 0.1) is 30.7 Å². The largest absolute Gasteiger partial charge is 1.00 e. The summed E-state index contributed by atoms with van der Waals surface area (Å²) < 4.78 is 44.4. The third-order valence-electron chi connectivity index (χ3n) is 4.02. The van der Waals surface area contributed by atoms with Gasteiger partial charge in [-0.1, -0.05) is 0 Å². The third kappa shape index (κ3) is 2.68. The maximum atomic E-state index is 13.3. The molecular weight excluding hydrogens is 372 g/mol. The molecule has 24 heavy (non-hydrogen) atoms. The van der Waals surface area contributed by atoms with Gasteiger partial charge in [0.1, 0.15) is 17.1 Å². The number of halogens is 5. The van der Waals surface area contributed by atoms with Crippen molar-refractivity contribution in [3.63, 3.8) is 0 Å². The Morgan fingerprint density at radius 1 is 1.54 bits per heavy atom. The molecular formula is C14H13Cl2F3N2O3. The van der Waals surface area contributed by atoms with Gasteiger partial charge in [0, 0.05) is 22.9 Å². The number of hydrogen-bond acceptors (Lipinski definition) is 3. The van der Waals surface area contributed by atoms with Crippen LogP contribution in [0.4, 0.5) is 18.9 Å². The van der Waals surface area contributed by atoms with Crippen LogP contribution in [0.15, 0.2) is 6.07 Å². The molecule has 0 bridgehead atoms. The molecule has 0 saturated heterocycles. The van der Waals surface area contributed by atoms with E-state index < -0.39 is 23.4 Å². The molecule has 0 spiro atoms. The minimum Gasteiger partial charge on any atom is -1.00 e. The number of nitrogens with two attached hydrogens (primary N) is 1. The molecule has 0 saturated carbocycles. The van der Waals surface area contributed by atoms with Crippen LogP contribution in [0.1, 0.15) is 27.5 Å². The summed E-state index contributed by atoms with van der Waals surface area (Å²) in [6, 6.07) is 1.38. The van der Waals surface area contributed by atoms with Crippen LogP contribution in [0.2, 0.25) is 0 Å². The first-order valence-corrected chi connectivity index (χ1v) is 7.29. The van der Waals surface area contributed by atoms with Crippen LogP contribution in [0, 0.1) is 0 Å². The van der Waals surface area contributed by atoms with Gasteiger partial charge in [0.2, 0.25) is 0 Å². The topological polar surface area (TPSA) is 78.9 Å². The third-order valence-corrected chi connectivity index (χ3v) is 4.39. The molecule has 3 rings (SSSR count). The molecule has 1 atom stereocenters. The smallest absolute Gasteiger partial charge is 0.432 e. The summed E-state index contributed by atoms with van der Waals surface area (Å²) in [5, 5.41) is 11.9. The normalized spacial score (nSPS) is 16.8. The number of H-pyrrole nitrogens is 1. The van der Waals surface area contributed by atoms with Crippen LogP contribution in [-0.4, -0.2) is 35.6 Å². The Kier molecular flexibility index (Phi) is 4.94. The second-order valence-electron chi connectivity index (χ2n) is 5.30. The van der Waals surface area contributed by atoms with Crippen LogP contribution in [0.5, 0.6) is 5.75 Å². The zero-order chi connectivity index (χ0) is 16.9. The monoisotopic (exact) mass is 384 g/mol. The number of carbonyl (C=O) groups is 1. The Balaban J connectivity index is 0.00000208. The minimum absolute atomic E-state index is 0. The summed E-state index contributed by atoms with van der Waals surface area (Å²) in [6.07, 6.45) is -4.79. The van der Waals surface area contributed by atoms with E-state index in [1.54, 1.807) is 5.32 Å². The van der Waals surface area contributed by atoms with Gasteiger partial charge in [-0.25, -0.2) is 4.79 Å². The molecule has 1 aliphatic rings. The number of phenols is 1. The van der Waals surface area contributed by atoms with Crippen molar-refractivity contribution in [3.8, 4) is 5.75 Å². The number of quaternary nitrogens is 1. The quantitative estimate of drug-likeness (QED) is 0.361. The molecule has 10 heteroatoms. The molecule has 0 unspecified atom stereocenters. The second-order valence-corrected chi connectivity index (χ2v) is 5.61. The Morgan fingerprint density at radius 3 is 2.75 bits per heavy atom. The minimum atomic E-state index is -4.79. The Labute approximate surface area is 145 Å². The van der Waals surface area contributed by atoms with Crippen LogP contribution in [0.25, 0.3) is 10.9 Å². The predicted octanol–water partition coefficient (Wildman–Crippen LogP) is -0.786. The summed E-state index contributed by atoms with van der Waals surface area (Å²) in [5.74, 6) is -1.51. The lowest BCUT2D eigenvalue weighted by Crippen LogP contribution is -3.00. The van der Waals surface area contributed by atoms with Crippen molar-refractivity contribution < 1.29 is 45.5 Å². The number of esters is 1. The van der Waals surface area contributed by atoms with Crippen molar-refractivity contribution in [2.24, 2.45) is 0 Å². The van der Waals surface area contributed by atoms with Gasteiger partial charge in [-0.3, -0.25) is 0 Å². The first-order valence-electron chi connectivity index (χ1n) is 6.75. The van der Waals surface area contributed by atoms with Gasteiger partial charge in [0.15, 0.2) is 0 Å². The highest BCUT2D eigenvalue weighted by atomic mass is 35.5. The van der Waals surface area contributed by atoms with Crippen LogP contribution in [-0.2, 0) is 10.9 Å². The molecule has 132 valence electrons. The van der Waals surface area contributed by atoms with E-state index in [0.29, 0.717) is 17.8 Å². The van der Waals surface area contributed by atoms with Crippen molar-refractivity contribution in [2.75, 3.05) is 19.5 Å².